The number of carboxylic acids is 1. The quantitative estimate of drug-likeness (QED) is 0.821. The minimum absolute atomic E-state index is 0.108. The molecule has 1 heterocycles. The summed E-state index contributed by atoms with van der Waals surface area (Å²) in [7, 11) is 0. The van der Waals surface area contributed by atoms with Gasteiger partial charge in [-0.15, -0.1) is 0 Å². The van der Waals surface area contributed by atoms with Crippen molar-refractivity contribution in [1.29, 1.82) is 0 Å². The fourth-order valence-electron chi connectivity index (χ4n) is 3.17. The molecule has 0 aromatic carbocycles. The zero-order chi connectivity index (χ0) is 14.0. The lowest BCUT2D eigenvalue weighted by Gasteiger charge is -2.26. The monoisotopic (exact) mass is 268 g/mol. The van der Waals surface area contributed by atoms with E-state index in [1.165, 1.54) is 0 Å². The first-order valence-corrected chi connectivity index (χ1v) is 7.21. The average molecular weight is 268 g/mol. The van der Waals surface area contributed by atoms with Gasteiger partial charge in [0.1, 0.15) is 0 Å². The standard InChI is InChI=1S/C14H24N2O3/c1-10-7-16(8-11(10)2)13(19)15-9-14(12(17)18)5-3-4-6-14/h10-11H,3-9H2,1-2H3,(H,15,19)(H,17,18). The fraction of sp³-hybridized carbons (Fsp3) is 0.857. The Morgan fingerprint density at radius 3 is 2.21 bits per heavy atom. The van der Waals surface area contributed by atoms with E-state index in [0.717, 1.165) is 25.9 Å². The van der Waals surface area contributed by atoms with E-state index in [0.29, 0.717) is 24.7 Å². The Balaban J connectivity index is 1.88. The van der Waals surface area contributed by atoms with Gasteiger partial charge in [-0.2, -0.15) is 0 Å². The highest BCUT2D eigenvalue weighted by Gasteiger charge is 2.42. The molecule has 19 heavy (non-hydrogen) atoms. The molecule has 2 N–H and O–H groups in total. The number of aliphatic carboxylic acids is 1. The van der Waals surface area contributed by atoms with Crippen LogP contribution >= 0.6 is 0 Å². The molecule has 2 fully saturated rings. The predicted molar refractivity (Wildman–Crippen MR) is 71.8 cm³/mol. The van der Waals surface area contributed by atoms with Crippen LogP contribution in [0.25, 0.3) is 0 Å². The van der Waals surface area contributed by atoms with Gasteiger partial charge in [-0.3, -0.25) is 4.79 Å². The minimum atomic E-state index is -0.770. The number of carbonyl (C=O) groups excluding carboxylic acids is 1. The highest BCUT2D eigenvalue weighted by Crippen LogP contribution is 2.37. The van der Waals surface area contributed by atoms with Crippen LogP contribution in [0.3, 0.4) is 0 Å². The van der Waals surface area contributed by atoms with Crippen molar-refractivity contribution in [2.24, 2.45) is 17.3 Å². The second-order valence-corrected chi connectivity index (χ2v) is 6.31. The molecular formula is C14H24N2O3. The minimum Gasteiger partial charge on any atom is -0.481 e. The molecule has 2 rings (SSSR count). The Kier molecular flexibility index (Phi) is 4.02. The van der Waals surface area contributed by atoms with E-state index in [4.69, 9.17) is 0 Å². The van der Waals surface area contributed by atoms with Crippen molar-refractivity contribution in [3.63, 3.8) is 0 Å². The van der Waals surface area contributed by atoms with E-state index >= 15 is 0 Å². The van der Waals surface area contributed by atoms with Crippen molar-refractivity contribution >= 4 is 12.0 Å². The first kappa shape index (κ1) is 14.2. The summed E-state index contributed by atoms with van der Waals surface area (Å²) in [4.78, 5) is 25.3. The lowest BCUT2D eigenvalue weighted by atomic mass is 9.86. The first-order valence-electron chi connectivity index (χ1n) is 7.21. The van der Waals surface area contributed by atoms with Crippen molar-refractivity contribution < 1.29 is 14.7 Å². The molecule has 0 aromatic heterocycles. The summed E-state index contributed by atoms with van der Waals surface area (Å²) in [6, 6.07) is -0.108. The molecule has 2 amide bonds. The Hall–Kier alpha value is -1.26. The van der Waals surface area contributed by atoms with Gasteiger partial charge in [-0.05, 0) is 24.7 Å². The van der Waals surface area contributed by atoms with Crippen LogP contribution in [0, 0.1) is 17.3 Å². The number of hydrogen-bond donors (Lipinski definition) is 2. The van der Waals surface area contributed by atoms with Crippen LogP contribution < -0.4 is 5.32 Å². The van der Waals surface area contributed by atoms with Crippen molar-refractivity contribution in [2.45, 2.75) is 39.5 Å². The third kappa shape index (κ3) is 2.85. The van der Waals surface area contributed by atoms with Gasteiger partial charge in [0.2, 0.25) is 0 Å². The SMILES string of the molecule is CC1CN(C(=O)NCC2(C(=O)O)CCCC2)CC1C. The molecule has 0 aromatic rings. The molecule has 5 nitrogen and oxygen atoms in total. The summed E-state index contributed by atoms with van der Waals surface area (Å²) in [5, 5.41) is 12.2. The van der Waals surface area contributed by atoms with Crippen molar-refractivity contribution in [3.8, 4) is 0 Å². The molecule has 1 saturated carbocycles. The molecular weight excluding hydrogens is 244 g/mol. The van der Waals surface area contributed by atoms with Gasteiger partial charge in [-0.25, -0.2) is 4.79 Å². The molecule has 1 aliphatic carbocycles. The predicted octanol–water partition coefficient (Wildman–Crippen LogP) is 1.93. The van der Waals surface area contributed by atoms with E-state index in [1.54, 1.807) is 4.90 Å². The van der Waals surface area contributed by atoms with Crippen LogP contribution in [0.4, 0.5) is 4.79 Å². The Bertz CT molecular complexity index is 354. The van der Waals surface area contributed by atoms with E-state index in [9.17, 15) is 14.7 Å². The Morgan fingerprint density at radius 1 is 1.21 bits per heavy atom. The second kappa shape index (κ2) is 5.39. The van der Waals surface area contributed by atoms with Crippen molar-refractivity contribution in [2.75, 3.05) is 19.6 Å². The van der Waals surface area contributed by atoms with Crippen LogP contribution in [0.5, 0.6) is 0 Å². The zero-order valence-corrected chi connectivity index (χ0v) is 11.8. The number of urea groups is 1. The molecule has 2 atom stereocenters. The summed E-state index contributed by atoms with van der Waals surface area (Å²) < 4.78 is 0. The third-order valence-corrected chi connectivity index (χ3v) is 4.87. The largest absolute Gasteiger partial charge is 0.481 e. The van der Waals surface area contributed by atoms with Crippen LogP contribution in [-0.2, 0) is 4.79 Å². The van der Waals surface area contributed by atoms with Gasteiger partial charge in [0.05, 0.1) is 5.41 Å². The first-order chi connectivity index (χ1) is 8.94. The fourth-order valence-corrected chi connectivity index (χ4v) is 3.17. The highest BCUT2D eigenvalue weighted by molar-refractivity contribution is 5.78. The second-order valence-electron chi connectivity index (χ2n) is 6.31. The maximum Gasteiger partial charge on any atom is 0.317 e. The van der Waals surface area contributed by atoms with Crippen LogP contribution in [0.15, 0.2) is 0 Å². The number of rotatable bonds is 3. The number of nitrogens with zero attached hydrogens (tertiary/aromatic N) is 1. The number of carbonyl (C=O) groups is 2. The van der Waals surface area contributed by atoms with Crippen LogP contribution in [0.1, 0.15) is 39.5 Å². The smallest absolute Gasteiger partial charge is 0.317 e. The molecule has 1 aliphatic heterocycles. The third-order valence-electron chi connectivity index (χ3n) is 4.87. The Labute approximate surface area is 114 Å². The number of nitrogens with one attached hydrogen (secondary N) is 1. The molecule has 0 radical (unpaired) electrons. The Morgan fingerprint density at radius 2 is 1.74 bits per heavy atom. The normalized spacial score (nSPS) is 29.5. The van der Waals surface area contributed by atoms with Gasteiger partial charge in [0.25, 0.3) is 0 Å². The summed E-state index contributed by atoms with van der Waals surface area (Å²) in [6.07, 6.45) is 3.24. The number of hydrogen-bond acceptors (Lipinski definition) is 2. The summed E-state index contributed by atoms with van der Waals surface area (Å²) in [5.74, 6) is 0.268. The lowest BCUT2D eigenvalue weighted by Crippen LogP contribution is -2.46. The van der Waals surface area contributed by atoms with E-state index in [1.807, 2.05) is 0 Å². The van der Waals surface area contributed by atoms with E-state index in [-0.39, 0.29) is 12.6 Å². The number of amides is 2. The molecule has 2 aliphatic rings. The molecule has 2 unspecified atom stereocenters. The maximum absolute atomic E-state index is 12.1. The molecule has 108 valence electrons. The van der Waals surface area contributed by atoms with Gasteiger partial charge in [0, 0.05) is 19.6 Å². The average Bonchev–Trinajstić information content (AvgIpc) is 2.95. The zero-order valence-electron chi connectivity index (χ0n) is 11.8. The van der Waals surface area contributed by atoms with Crippen LogP contribution in [-0.4, -0.2) is 41.6 Å². The maximum atomic E-state index is 12.1. The van der Waals surface area contributed by atoms with Crippen LogP contribution in [0.2, 0.25) is 0 Å². The summed E-state index contributed by atoms with van der Waals surface area (Å²) in [6.45, 7) is 6.10. The lowest BCUT2D eigenvalue weighted by molar-refractivity contribution is -0.148. The number of carboxylic acid groups (broad SMARTS) is 1. The number of likely N-dealkylation sites (tertiary alicyclic amines) is 1. The van der Waals surface area contributed by atoms with Gasteiger partial charge < -0.3 is 15.3 Å². The van der Waals surface area contributed by atoms with E-state index < -0.39 is 11.4 Å². The summed E-state index contributed by atoms with van der Waals surface area (Å²) in [5.41, 5.74) is -0.730. The van der Waals surface area contributed by atoms with E-state index in [2.05, 4.69) is 19.2 Å². The molecule has 0 bridgehead atoms. The highest BCUT2D eigenvalue weighted by atomic mass is 16.4. The van der Waals surface area contributed by atoms with Gasteiger partial charge >= 0.3 is 12.0 Å². The van der Waals surface area contributed by atoms with Crippen molar-refractivity contribution in [1.82, 2.24) is 10.2 Å². The summed E-state index contributed by atoms with van der Waals surface area (Å²) >= 11 is 0. The van der Waals surface area contributed by atoms with Gasteiger partial charge in [0.15, 0.2) is 0 Å². The molecule has 5 heteroatoms. The molecule has 0 spiro atoms. The molecule has 1 saturated heterocycles. The van der Waals surface area contributed by atoms with Crippen molar-refractivity contribution in [3.05, 3.63) is 0 Å². The topological polar surface area (TPSA) is 69.6 Å². The van der Waals surface area contributed by atoms with Gasteiger partial charge in [-0.1, -0.05) is 26.7 Å².